The molecule has 0 fully saturated rings. The van der Waals surface area contributed by atoms with Crippen LogP contribution in [0.5, 0.6) is 5.75 Å². The Bertz CT molecular complexity index is 1620. The average Bonchev–Trinajstić information content (AvgIpc) is 3.39. The van der Waals surface area contributed by atoms with Crippen LogP contribution in [0.2, 0.25) is 0 Å². The zero-order chi connectivity index (χ0) is 30.4. The summed E-state index contributed by atoms with van der Waals surface area (Å²) in [6, 6.07) is 25.8. The molecule has 0 unspecified atom stereocenters. The molecule has 2 atom stereocenters. The molecule has 0 saturated heterocycles. The number of hydrogen-bond acceptors (Lipinski definition) is 5. The van der Waals surface area contributed by atoms with E-state index in [2.05, 4.69) is 37.2 Å². The van der Waals surface area contributed by atoms with E-state index in [4.69, 9.17) is 19.6 Å². The molecule has 1 amide bonds. The van der Waals surface area contributed by atoms with Crippen LogP contribution in [0.15, 0.2) is 105 Å². The first-order valence-corrected chi connectivity index (χ1v) is 15.2. The number of amides is 1. The molecule has 1 aliphatic rings. The van der Waals surface area contributed by atoms with Gasteiger partial charge in [0.1, 0.15) is 5.75 Å². The molecule has 5 rings (SSSR count). The van der Waals surface area contributed by atoms with E-state index in [1.165, 1.54) is 6.07 Å². The molecule has 10 heteroatoms. The molecule has 4 aromatic carbocycles. The van der Waals surface area contributed by atoms with E-state index in [1.54, 1.807) is 24.3 Å². The molecular formula is C33H28Br2F2N2O4. The van der Waals surface area contributed by atoms with Crippen molar-refractivity contribution in [2.75, 3.05) is 13.2 Å². The van der Waals surface area contributed by atoms with Gasteiger partial charge in [-0.25, -0.2) is 13.8 Å². The van der Waals surface area contributed by atoms with Crippen molar-refractivity contribution in [1.82, 2.24) is 5.32 Å². The van der Waals surface area contributed by atoms with Crippen LogP contribution in [0.1, 0.15) is 34.8 Å². The Balaban J connectivity index is 1.56. The van der Waals surface area contributed by atoms with E-state index >= 15 is 0 Å². The van der Waals surface area contributed by atoms with Crippen LogP contribution in [0, 0.1) is 11.6 Å². The molecule has 2 N–H and O–H groups in total. The summed E-state index contributed by atoms with van der Waals surface area (Å²) in [5.41, 5.74) is 1.18. The summed E-state index contributed by atoms with van der Waals surface area (Å²) >= 11 is 7.10. The van der Waals surface area contributed by atoms with Crippen LogP contribution in [0.25, 0.3) is 0 Å². The lowest BCUT2D eigenvalue weighted by Gasteiger charge is -2.31. The van der Waals surface area contributed by atoms with Gasteiger partial charge in [0.05, 0.1) is 6.61 Å². The smallest absolute Gasteiger partial charge is 0.252 e. The number of aliphatic imine (C=N–C) groups is 1. The van der Waals surface area contributed by atoms with Crippen molar-refractivity contribution in [3.05, 3.63) is 134 Å². The minimum absolute atomic E-state index is 0.0362. The second-order valence-corrected chi connectivity index (χ2v) is 11.8. The van der Waals surface area contributed by atoms with Crippen molar-refractivity contribution in [3.8, 4) is 5.75 Å². The van der Waals surface area contributed by atoms with E-state index in [1.807, 2.05) is 48.5 Å². The minimum atomic E-state index is -1.46. The highest BCUT2D eigenvalue weighted by Crippen LogP contribution is 2.44. The van der Waals surface area contributed by atoms with Gasteiger partial charge in [-0.05, 0) is 65.7 Å². The third-order valence-corrected chi connectivity index (χ3v) is 8.29. The summed E-state index contributed by atoms with van der Waals surface area (Å²) in [6.07, 6.45) is -0.113. The van der Waals surface area contributed by atoms with Gasteiger partial charge in [-0.3, -0.25) is 4.79 Å². The summed E-state index contributed by atoms with van der Waals surface area (Å²) in [5.74, 6) is -1.47. The van der Waals surface area contributed by atoms with Gasteiger partial charge < -0.3 is 19.9 Å². The van der Waals surface area contributed by atoms with E-state index in [0.29, 0.717) is 29.9 Å². The van der Waals surface area contributed by atoms with Gasteiger partial charge in [0.25, 0.3) is 5.91 Å². The summed E-state index contributed by atoms with van der Waals surface area (Å²) in [4.78, 5) is 19.3. The van der Waals surface area contributed by atoms with Gasteiger partial charge in [0.15, 0.2) is 23.3 Å². The lowest BCUT2D eigenvalue weighted by atomic mass is 9.82. The van der Waals surface area contributed by atoms with Crippen molar-refractivity contribution in [2.24, 2.45) is 4.99 Å². The quantitative estimate of drug-likeness (QED) is 0.163. The Morgan fingerprint density at radius 3 is 2.37 bits per heavy atom. The number of nitrogens with one attached hydrogen (secondary N) is 1. The molecule has 0 radical (unpaired) electrons. The molecule has 6 nitrogen and oxygen atoms in total. The molecule has 4 aromatic rings. The lowest BCUT2D eigenvalue weighted by molar-refractivity contribution is -0.129. The number of benzene rings is 4. The van der Waals surface area contributed by atoms with Gasteiger partial charge in [0.2, 0.25) is 5.90 Å². The fourth-order valence-corrected chi connectivity index (χ4v) is 5.60. The number of carbonyl (C=O) groups excluding carboxylic acids is 1. The highest BCUT2D eigenvalue weighted by atomic mass is 79.9. The Hall–Kier alpha value is -3.60. The molecule has 0 aliphatic carbocycles. The molecule has 0 saturated carbocycles. The normalized spacial score (nSPS) is 17.7. The molecule has 222 valence electrons. The standard InChI is InChI=1S/C33H28Br2F2N2O4/c34-24-11-6-21(7-12-24)19-33(32(41)38-20-22-8-15-28(36)29(37)18-22)30(26-4-1-2-5-27(26)35)43-31(39-33)23-9-13-25(14-10-23)42-17-3-16-40/h1-2,4-15,18,30,40H,3,16-17,19-20H2,(H,38,41)/t30-,33-/m1/s1. The van der Waals surface area contributed by atoms with Crippen LogP contribution >= 0.6 is 31.9 Å². The van der Waals surface area contributed by atoms with Crippen LogP contribution in [-0.4, -0.2) is 35.7 Å². The highest BCUT2D eigenvalue weighted by Gasteiger charge is 2.53. The van der Waals surface area contributed by atoms with Crippen LogP contribution in [-0.2, 0) is 22.5 Å². The van der Waals surface area contributed by atoms with Gasteiger partial charge in [-0.2, -0.15) is 0 Å². The Morgan fingerprint density at radius 1 is 0.953 bits per heavy atom. The van der Waals surface area contributed by atoms with Crippen molar-refractivity contribution in [2.45, 2.75) is 31.0 Å². The number of aliphatic hydroxyl groups is 1. The zero-order valence-electron chi connectivity index (χ0n) is 22.9. The third-order valence-electron chi connectivity index (χ3n) is 7.04. The van der Waals surface area contributed by atoms with Crippen molar-refractivity contribution >= 4 is 43.7 Å². The Morgan fingerprint density at radius 2 is 1.67 bits per heavy atom. The van der Waals surface area contributed by atoms with E-state index in [9.17, 15) is 13.6 Å². The SMILES string of the molecule is O=C(NCc1ccc(F)c(F)c1)[C@]1(Cc2ccc(Br)cc2)N=C(c2ccc(OCCCO)cc2)O[C@@H]1c1ccccc1Br. The Labute approximate surface area is 265 Å². The maximum atomic E-state index is 14.3. The summed E-state index contributed by atoms with van der Waals surface area (Å²) in [6.45, 7) is 0.384. The van der Waals surface area contributed by atoms with E-state index < -0.39 is 29.2 Å². The number of hydrogen-bond donors (Lipinski definition) is 2. The fourth-order valence-electron chi connectivity index (χ4n) is 4.85. The van der Waals surface area contributed by atoms with Crippen LogP contribution in [0.3, 0.4) is 0 Å². The maximum Gasteiger partial charge on any atom is 0.252 e. The molecule has 1 aliphatic heterocycles. The maximum absolute atomic E-state index is 14.3. The van der Waals surface area contributed by atoms with Crippen molar-refractivity contribution in [1.29, 1.82) is 0 Å². The topological polar surface area (TPSA) is 80.2 Å². The molecule has 43 heavy (non-hydrogen) atoms. The molecule has 0 bridgehead atoms. The van der Waals surface area contributed by atoms with Gasteiger partial charge in [0, 0.05) is 46.1 Å². The van der Waals surface area contributed by atoms with E-state index in [0.717, 1.165) is 32.2 Å². The van der Waals surface area contributed by atoms with Crippen LogP contribution in [0.4, 0.5) is 8.78 Å². The first-order valence-electron chi connectivity index (χ1n) is 13.6. The zero-order valence-corrected chi connectivity index (χ0v) is 26.1. The summed E-state index contributed by atoms with van der Waals surface area (Å²) in [7, 11) is 0. The molecule has 1 heterocycles. The minimum Gasteiger partial charge on any atom is -0.494 e. The number of aliphatic hydroxyl groups excluding tert-OH is 1. The average molecular weight is 714 g/mol. The van der Waals surface area contributed by atoms with Crippen molar-refractivity contribution in [3.63, 3.8) is 0 Å². The predicted octanol–water partition coefficient (Wildman–Crippen LogP) is 7.07. The lowest BCUT2D eigenvalue weighted by Crippen LogP contribution is -2.49. The molecular weight excluding hydrogens is 686 g/mol. The first-order chi connectivity index (χ1) is 20.8. The van der Waals surface area contributed by atoms with Crippen molar-refractivity contribution < 1.29 is 28.2 Å². The number of halogens is 4. The van der Waals surface area contributed by atoms with E-state index in [-0.39, 0.29) is 25.5 Å². The van der Waals surface area contributed by atoms with Crippen LogP contribution < -0.4 is 10.1 Å². The van der Waals surface area contributed by atoms with Gasteiger partial charge in [-0.15, -0.1) is 0 Å². The first kappa shape index (κ1) is 30.8. The largest absolute Gasteiger partial charge is 0.494 e. The molecule has 0 spiro atoms. The Kier molecular flexibility index (Phi) is 9.90. The number of ether oxygens (including phenoxy) is 2. The number of nitrogens with zero attached hydrogens (tertiary/aromatic N) is 1. The predicted molar refractivity (Wildman–Crippen MR) is 167 cm³/mol. The third kappa shape index (κ3) is 7.14. The second kappa shape index (κ2) is 13.8. The molecule has 0 aromatic heterocycles. The van der Waals surface area contributed by atoms with Gasteiger partial charge >= 0.3 is 0 Å². The highest BCUT2D eigenvalue weighted by molar-refractivity contribution is 9.10. The second-order valence-electron chi connectivity index (χ2n) is 10.0. The number of rotatable bonds is 11. The van der Waals surface area contributed by atoms with Gasteiger partial charge in [-0.1, -0.05) is 68.3 Å². The fraction of sp³-hybridized carbons (Fsp3) is 0.212. The summed E-state index contributed by atoms with van der Waals surface area (Å²) in [5, 5.41) is 11.9. The monoisotopic (exact) mass is 712 g/mol. The number of carbonyl (C=O) groups is 1. The summed E-state index contributed by atoms with van der Waals surface area (Å²) < 4.78 is 41.3.